The van der Waals surface area contributed by atoms with E-state index in [2.05, 4.69) is 10.5 Å². The molecule has 1 saturated carbocycles. The lowest BCUT2D eigenvalue weighted by Crippen LogP contribution is -2.40. The number of pyridine rings is 1. The van der Waals surface area contributed by atoms with Crippen molar-refractivity contribution in [3.63, 3.8) is 0 Å². The maximum atomic E-state index is 14.3. The number of benzene rings is 2. The molecule has 1 aliphatic carbocycles. The van der Waals surface area contributed by atoms with E-state index in [1.54, 1.807) is 0 Å². The second-order valence-corrected chi connectivity index (χ2v) is 9.31. The maximum Gasteiger partial charge on any atom is 0.286 e. The summed E-state index contributed by atoms with van der Waals surface area (Å²) in [6.07, 6.45) is 3.53. The maximum absolute atomic E-state index is 14.3. The second kappa shape index (κ2) is 11.9. The standard InChI is InChI=1S/C28H24F3N3O5/c29-19-7-4-16(5-8-19)14-34-15-17(10-18-6-9-20(30)12-22(18)31)11-21(28(34)38)25(35)13-26(36)27(37)32-23-2-1-3-24(23)33-39/h4-9,11-13,15,23-24,36H,1-3,10,14H2,(H,32,37)/b26-13-/t23-,24-/m0/s1. The average Bonchev–Trinajstić information content (AvgIpc) is 3.35. The Labute approximate surface area is 220 Å². The van der Waals surface area contributed by atoms with Crippen molar-refractivity contribution in [3.8, 4) is 0 Å². The lowest BCUT2D eigenvalue weighted by Gasteiger charge is -2.15. The van der Waals surface area contributed by atoms with E-state index < -0.39 is 58.1 Å². The Kier molecular flexibility index (Phi) is 8.38. The molecule has 1 heterocycles. The Morgan fingerprint density at radius 2 is 1.74 bits per heavy atom. The van der Waals surface area contributed by atoms with Gasteiger partial charge in [0.25, 0.3) is 11.5 Å². The minimum absolute atomic E-state index is 0.0585. The zero-order chi connectivity index (χ0) is 28.1. The van der Waals surface area contributed by atoms with Gasteiger partial charge in [-0.3, -0.25) is 14.4 Å². The Morgan fingerprint density at radius 3 is 2.44 bits per heavy atom. The van der Waals surface area contributed by atoms with Crippen LogP contribution in [0.5, 0.6) is 0 Å². The third kappa shape index (κ3) is 6.67. The van der Waals surface area contributed by atoms with Crippen LogP contribution in [0.25, 0.3) is 0 Å². The molecule has 11 heteroatoms. The number of hydrogen-bond acceptors (Lipinski definition) is 6. The molecule has 1 amide bonds. The van der Waals surface area contributed by atoms with E-state index >= 15 is 0 Å². The topological polar surface area (TPSA) is 118 Å². The predicted molar refractivity (Wildman–Crippen MR) is 136 cm³/mol. The van der Waals surface area contributed by atoms with E-state index in [1.807, 2.05) is 0 Å². The Bertz CT molecular complexity index is 1500. The van der Waals surface area contributed by atoms with Gasteiger partial charge in [0.05, 0.1) is 18.2 Å². The van der Waals surface area contributed by atoms with Crippen molar-refractivity contribution in [1.82, 2.24) is 9.88 Å². The lowest BCUT2D eigenvalue weighted by atomic mass is 10.0. The van der Waals surface area contributed by atoms with Gasteiger partial charge in [-0.05, 0) is 60.2 Å². The van der Waals surface area contributed by atoms with Crippen molar-refractivity contribution in [2.24, 2.45) is 5.18 Å². The van der Waals surface area contributed by atoms with E-state index in [9.17, 15) is 37.6 Å². The number of carbonyl (C=O) groups is 2. The van der Waals surface area contributed by atoms with Crippen molar-refractivity contribution in [2.45, 2.75) is 44.3 Å². The predicted octanol–water partition coefficient (Wildman–Crippen LogP) is 4.33. The van der Waals surface area contributed by atoms with Crippen LogP contribution in [0.2, 0.25) is 0 Å². The first kappa shape index (κ1) is 27.5. The van der Waals surface area contributed by atoms with Crippen molar-refractivity contribution in [1.29, 1.82) is 0 Å². The average molecular weight is 540 g/mol. The zero-order valence-corrected chi connectivity index (χ0v) is 20.6. The van der Waals surface area contributed by atoms with Crippen LogP contribution in [0.1, 0.15) is 46.3 Å². The number of nitrogens with one attached hydrogen (secondary N) is 1. The summed E-state index contributed by atoms with van der Waals surface area (Å²) in [7, 11) is 0. The highest BCUT2D eigenvalue weighted by Gasteiger charge is 2.30. The zero-order valence-electron chi connectivity index (χ0n) is 20.6. The van der Waals surface area contributed by atoms with Gasteiger partial charge in [-0.15, -0.1) is 0 Å². The first-order valence-corrected chi connectivity index (χ1v) is 12.1. The van der Waals surface area contributed by atoms with Gasteiger partial charge in [-0.25, -0.2) is 13.2 Å². The number of ketones is 1. The van der Waals surface area contributed by atoms with Crippen LogP contribution in [0.4, 0.5) is 13.2 Å². The number of aliphatic hydroxyl groups excluding tert-OH is 1. The van der Waals surface area contributed by atoms with Crippen LogP contribution < -0.4 is 10.9 Å². The monoisotopic (exact) mass is 539 g/mol. The second-order valence-electron chi connectivity index (χ2n) is 9.31. The van der Waals surface area contributed by atoms with E-state index in [0.29, 0.717) is 42.5 Å². The molecule has 2 aromatic carbocycles. The van der Waals surface area contributed by atoms with Gasteiger partial charge >= 0.3 is 0 Å². The molecular formula is C28H24F3N3O5. The third-order valence-corrected chi connectivity index (χ3v) is 6.52. The van der Waals surface area contributed by atoms with Crippen LogP contribution >= 0.6 is 0 Å². The number of halogens is 3. The largest absolute Gasteiger partial charge is 0.503 e. The summed E-state index contributed by atoms with van der Waals surface area (Å²) in [4.78, 5) is 49.6. The van der Waals surface area contributed by atoms with Crippen molar-refractivity contribution >= 4 is 11.7 Å². The minimum Gasteiger partial charge on any atom is -0.503 e. The van der Waals surface area contributed by atoms with Crippen LogP contribution in [0.3, 0.4) is 0 Å². The normalized spacial score (nSPS) is 17.2. The third-order valence-electron chi connectivity index (χ3n) is 6.52. The summed E-state index contributed by atoms with van der Waals surface area (Å²) >= 11 is 0. The van der Waals surface area contributed by atoms with E-state index in [-0.39, 0.29) is 18.5 Å². The van der Waals surface area contributed by atoms with E-state index in [4.69, 9.17) is 0 Å². The van der Waals surface area contributed by atoms with Gasteiger partial charge in [0, 0.05) is 24.8 Å². The highest BCUT2D eigenvalue weighted by Crippen LogP contribution is 2.22. The SMILES string of the molecule is O=N[C@H]1CCC[C@@H]1NC(=O)/C(O)=C/C(=O)c1cc(Cc2ccc(F)cc2F)cn(Cc2ccc(F)cc2)c1=O. The molecule has 39 heavy (non-hydrogen) atoms. The number of aromatic nitrogens is 1. The Balaban J connectivity index is 1.66. The quantitative estimate of drug-likeness (QED) is 0.182. The molecule has 202 valence electrons. The number of allylic oxidation sites excluding steroid dienone is 1. The first-order chi connectivity index (χ1) is 18.6. The molecule has 0 radical (unpaired) electrons. The smallest absolute Gasteiger partial charge is 0.286 e. The highest BCUT2D eigenvalue weighted by atomic mass is 19.1. The van der Waals surface area contributed by atoms with Gasteiger partial charge in [-0.2, -0.15) is 4.91 Å². The number of rotatable bonds is 9. The van der Waals surface area contributed by atoms with E-state index in [0.717, 1.165) is 6.07 Å². The molecule has 1 aromatic heterocycles. The molecule has 4 rings (SSSR count). The lowest BCUT2D eigenvalue weighted by molar-refractivity contribution is -0.120. The Hall–Kier alpha value is -4.54. The number of nitrogens with zero attached hydrogens (tertiary/aromatic N) is 2. The molecule has 2 atom stereocenters. The number of aliphatic hydroxyl groups is 1. The molecule has 8 nitrogen and oxygen atoms in total. The number of nitroso groups, excluding NO2 is 1. The number of hydrogen-bond donors (Lipinski definition) is 2. The van der Waals surface area contributed by atoms with Crippen molar-refractivity contribution < 1.29 is 27.9 Å². The molecule has 0 bridgehead atoms. The van der Waals surface area contributed by atoms with Crippen LogP contribution in [-0.2, 0) is 17.8 Å². The molecular weight excluding hydrogens is 515 g/mol. The molecule has 0 unspecified atom stereocenters. The molecule has 2 N–H and O–H groups in total. The fourth-order valence-electron chi connectivity index (χ4n) is 4.50. The van der Waals surface area contributed by atoms with Gasteiger partial charge in [0.15, 0.2) is 11.5 Å². The van der Waals surface area contributed by atoms with Crippen LogP contribution in [0.15, 0.2) is 76.5 Å². The molecule has 0 saturated heterocycles. The van der Waals surface area contributed by atoms with Gasteiger partial charge in [-0.1, -0.05) is 23.4 Å². The molecule has 3 aromatic rings. The number of amides is 1. The van der Waals surface area contributed by atoms with Gasteiger partial charge in [0.2, 0.25) is 0 Å². The first-order valence-electron chi connectivity index (χ1n) is 12.1. The van der Waals surface area contributed by atoms with Crippen molar-refractivity contribution in [3.05, 3.63) is 122 Å². The Morgan fingerprint density at radius 1 is 1.03 bits per heavy atom. The fourth-order valence-corrected chi connectivity index (χ4v) is 4.50. The minimum atomic E-state index is -1.000. The molecule has 0 spiro atoms. The summed E-state index contributed by atoms with van der Waals surface area (Å²) < 4.78 is 42.2. The molecule has 0 aliphatic heterocycles. The summed E-state index contributed by atoms with van der Waals surface area (Å²) in [5.74, 6) is -5.01. The molecule has 1 aliphatic rings. The van der Waals surface area contributed by atoms with Crippen LogP contribution in [-0.4, -0.2) is 33.4 Å². The van der Waals surface area contributed by atoms with Gasteiger partial charge < -0.3 is 15.0 Å². The summed E-state index contributed by atoms with van der Waals surface area (Å²) in [5.41, 5.74) is -0.221. The van der Waals surface area contributed by atoms with Gasteiger partial charge in [0.1, 0.15) is 23.5 Å². The molecule has 1 fully saturated rings. The summed E-state index contributed by atoms with van der Waals surface area (Å²) in [6.45, 7) is -0.0585. The summed E-state index contributed by atoms with van der Waals surface area (Å²) in [6, 6.07) is 8.34. The van der Waals surface area contributed by atoms with E-state index in [1.165, 1.54) is 47.2 Å². The number of carbonyl (C=O) groups excluding carboxylic acids is 2. The highest BCUT2D eigenvalue weighted by molar-refractivity contribution is 6.08. The van der Waals surface area contributed by atoms with Crippen LogP contribution in [0, 0.1) is 22.4 Å². The fraction of sp³-hybridized carbons (Fsp3) is 0.250. The summed E-state index contributed by atoms with van der Waals surface area (Å²) in [5, 5.41) is 15.7. The van der Waals surface area contributed by atoms with Crippen molar-refractivity contribution in [2.75, 3.05) is 0 Å².